The van der Waals surface area contributed by atoms with Crippen LogP contribution in [0.2, 0.25) is 0 Å². The fourth-order valence-electron chi connectivity index (χ4n) is 1.96. The third kappa shape index (κ3) is 4.39. The number of hydrogen-bond donors (Lipinski definition) is 2. The number of alkyl carbamates (subject to hydrolysis) is 1. The molecule has 16 heavy (non-hydrogen) atoms. The van der Waals surface area contributed by atoms with Gasteiger partial charge in [0.2, 0.25) is 0 Å². The van der Waals surface area contributed by atoms with E-state index in [9.17, 15) is 9.90 Å². The normalized spacial score (nSPS) is 30.9. The molecular formula is C12H23NO3. The van der Waals surface area contributed by atoms with Crippen molar-refractivity contribution >= 4 is 6.09 Å². The van der Waals surface area contributed by atoms with Gasteiger partial charge in [0.15, 0.2) is 0 Å². The SMILES string of the molecule is CC1CCC(O)CC1NC(=O)OC(C)(C)C. The molecule has 4 heteroatoms. The van der Waals surface area contributed by atoms with Crippen LogP contribution in [0.5, 0.6) is 0 Å². The molecule has 94 valence electrons. The minimum atomic E-state index is -0.472. The first-order valence-electron chi connectivity index (χ1n) is 5.95. The summed E-state index contributed by atoms with van der Waals surface area (Å²) in [7, 11) is 0. The van der Waals surface area contributed by atoms with Gasteiger partial charge < -0.3 is 15.2 Å². The lowest BCUT2D eigenvalue weighted by molar-refractivity contribution is 0.0397. The van der Waals surface area contributed by atoms with Gasteiger partial charge in [0, 0.05) is 6.04 Å². The van der Waals surface area contributed by atoms with Gasteiger partial charge in [-0.05, 0) is 46.0 Å². The minimum absolute atomic E-state index is 0.0265. The number of carbonyl (C=O) groups excluding carboxylic acids is 1. The first-order valence-corrected chi connectivity index (χ1v) is 5.95. The zero-order valence-electron chi connectivity index (χ0n) is 10.6. The maximum absolute atomic E-state index is 11.6. The summed E-state index contributed by atoms with van der Waals surface area (Å²) in [6, 6.07) is 0.0265. The van der Waals surface area contributed by atoms with Crippen molar-refractivity contribution in [2.24, 2.45) is 5.92 Å². The first-order chi connectivity index (χ1) is 7.28. The van der Waals surface area contributed by atoms with Gasteiger partial charge in [-0.25, -0.2) is 4.79 Å². The highest BCUT2D eigenvalue weighted by molar-refractivity contribution is 5.68. The van der Waals surface area contributed by atoms with Crippen LogP contribution < -0.4 is 5.32 Å². The largest absolute Gasteiger partial charge is 0.444 e. The molecule has 1 aliphatic carbocycles. The zero-order valence-corrected chi connectivity index (χ0v) is 10.6. The molecule has 0 radical (unpaired) electrons. The van der Waals surface area contributed by atoms with Gasteiger partial charge in [0.05, 0.1) is 6.10 Å². The summed E-state index contributed by atoms with van der Waals surface area (Å²) in [5.41, 5.74) is -0.472. The second kappa shape index (κ2) is 5.04. The monoisotopic (exact) mass is 229 g/mol. The Bertz CT molecular complexity index is 247. The van der Waals surface area contributed by atoms with Crippen LogP contribution in [0.4, 0.5) is 4.79 Å². The Morgan fingerprint density at radius 1 is 1.38 bits per heavy atom. The fourth-order valence-corrected chi connectivity index (χ4v) is 1.96. The average molecular weight is 229 g/mol. The molecule has 0 saturated heterocycles. The lowest BCUT2D eigenvalue weighted by Crippen LogP contribution is -2.46. The predicted octanol–water partition coefficient (Wildman–Crippen LogP) is 2.06. The topological polar surface area (TPSA) is 58.6 Å². The summed E-state index contributed by atoms with van der Waals surface area (Å²) >= 11 is 0. The fraction of sp³-hybridized carbons (Fsp3) is 0.917. The second-order valence-corrected chi connectivity index (χ2v) is 5.70. The zero-order chi connectivity index (χ0) is 12.3. The first kappa shape index (κ1) is 13.3. The van der Waals surface area contributed by atoms with Crippen LogP contribution in [-0.4, -0.2) is 28.9 Å². The van der Waals surface area contributed by atoms with Gasteiger partial charge in [0.25, 0.3) is 0 Å². The highest BCUT2D eigenvalue weighted by atomic mass is 16.6. The van der Waals surface area contributed by atoms with E-state index in [1.165, 1.54) is 0 Å². The summed E-state index contributed by atoms with van der Waals surface area (Å²) in [5.74, 6) is 0.399. The van der Waals surface area contributed by atoms with Crippen LogP contribution in [0.3, 0.4) is 0 Å². The lowest BCUT2D eigenvalue weighted by Gasteiger charge is -2.33. The Labute approximate surface area is 97.4 Å². The van der Waals surface area contributed by atoms with E-state index in [1.807, 2.05) is 20.8 Å². The maximum atomic E-state index is 11.6. The standard InChI is InChI=1S/C12H23NO3/c1-8-5-6-9(14)7-10(8)13-11(15)16-12(2,3)4/h8-10,14H,5-7H2,1-4H3,(H,13,15). The van der Waals surface area contributed by atoms with E-state index in [0.717, 1.165) is 12.8 Å². The summed E-state index contributed by atoms with van der Waals surface area (Å²) in [6.07, 6.45) is 1.71. The molecule has 1 saturated carbocycles. The molecule has 0 aliphatic heterocycles. The van der Waals surface area contributed by atoms with Crippen molar-refractivity contribution < 1.29 is 14.6 Å². The average Bonchev–Trinajstić information content (AvgIpc) is 2.08. The lowest BCUT2D eigenvalue weighted by atomic mass is 9.84. The van der Waals surface area contributed by atoms with Gasteiger partial charge in [-0.1, -0.05) is 6.92 Å². The van der Waals surface area contributed by atoms with Crippen LogP contribution in [0.1, 0.15) is 47.0 Å². The summed E-state index contributed by atoms with van der Waals surface area (Å²) in [6.45, 7) is 7.61. The van der Waals surface area contributed by atoms with Gasteiger partial charge >= 0.3 is 6.09 Å². The number of aliphatic hydroxyl groups is 1. The molecule has 2 N–H and O–H groups in total. The van der Waals surface area contributed by atoms with E-state index in [2.05, 4.69) is 12.2 Å². The van der Waals surface area contributed by atoms with Crippen molar-refractivity contribution in [3.63, 3.8) is 0 Å². The summed E-state index contributed by atoms with van der Waals surface area (Å²) < 4.78 is 5.19. The van der Waals surface area contributed by atoms with Crippen molar-refractivity contribution in [2.75, 3.05) is 0 Å². The van der Waals surface area contributed by atoms with Gasteiger partial charge in [-0.15, -0.1) is 0 Å². The molecule has 0 bridgehead atoms. The van der Waals surface area contributed by atoms with Crippen molar-refractivity contribution in [3.8, 4) is 0 Å². The molecule has 4 nitrogen and oxygen atoms in total. The van der Waals surface area contributed by atoms with Crippen molar-refractivity contribution in [1.29, 1.82) is 0 Å². The molecule has 1 amide bonds. The number of carbonyl (C=O) groups is 1. The van der Waals surface area contributed by atoms with Crippen LogP contribution in [0, 0.1) is 5.92 Å². The number of amides is 1. The Morgan fingerprint density at radius 3 is 2.56 bits per heavy atom. The second-order valence-electron chi connectivity index (χ2n) is 5.70. The van der Waals surface area contributed by atoms with Crippen LogP contribution in [0.25, 0.3) is 0 Å². The van der Waals surface area contributed by atoms with Crippen LogP contribution >= 0.6 is 0 Å². The highest BCUT2D eigenvalue weighted by Crippen LogP contribution is 2.24. The number of ether oxygens (including phenoxy) is 1. The Hall–Kier alpha value is -0.770. The van der Waals surface area contributed by atoms with E-state index in [4.69, 9.17) is 4.74 Å². The van der Waals surface area contributed by atoms with Crippen molar-refractivity contribution in [2.45, 2.75) is 64.7 Å². The third-order valence-electron chi connectivity index (χ3n) is 2.87. The molecule has 0 heterocycles. The molecule has 1 fully saturated rings. The van der Waals surface area contributed by atoms with Crippen LogP contribution in [0.15, 0.2) is 0 Å². The molecule has 1 rings (SSSR count). The predicted molar refractivity (Wildman–Crippen MR) is 62.2 cm³/mol. The van der Waals surface area contributed by atoms with E-state index < -0.39 is 11.7 Å². The smallest absolute Gasteiger partial charge is 0.407 e. The number of nitrogens with one attached hydrogen (secondary N) is 1. The molecule has 0 aromatic rings. The van der Waals surface area contributed by atoms with E-state index >= 15 is 0 Å². The highest BCUT2D eigenvalue weighted by Gasteiger charge is 2.29. The van der Waals surface area contributed by atoms with Crippen molar-refractivity contribution in [3.05, 3.63) is 0 Å². The van der Waals surface area contributed by atoms with Crippen molar-refractivity contribution in [1.82, 2.24) is 5.32 Å². The molecule has 0 spiro atoms. The van der Waals surface area contributed by atoms with E-state index in [1.54, 1.807) is 0 Å². The van der Waals surface area contributed by atoms with E-state index in [0.29, 0.717) is 12.3 Å². The summed E-state index contributed by atoms with van der Waals surface area (Å²) in [4.78, 5) is 11.6. The number of rotatable bonds is 1. The summed E-state index contributed by atoms with van der Waals surface area (Å²) in [5, 5.41) is 12.4. The molecule has 0 aromatic carbocycles. The molecule has 1 aliphatic rings. The molecule has 3 unspecified atom stereocenters. The molecule has 0 aromatic heterocycles. The molecular weight excluding hydrogens is 206 g/mol. The minimum Gasteiger partial charge on any atom is -0.444 e. The maximum Gasteiger partial charge on any atom is 0.407 e. The Kier molecular flexibility index (Phi) is 4.19. The van der Waals surface area contributed by atoms with Gasteiger partial charge in [-0.3, -0.25) is 0 Å². The van der Waals surface area contributed by atoms with Crippen LogP contribution in [-0.2, 0) is 4.74 Å². The van der Waals surface area contributed by atoms with Gasteiger partial charge in [0.1, 0.15) is 5.60 Å². The Balaban J connectivity index is 2.43. The third-order valence-corrected chi connectivity index (χ3v) is 2.87. The quantitative estimate of drug-likeness (QED) is 0.723. The van der Waals surface area contributed by atoms with E-state index in [-0.39, 0.29) is 12.1 Å². The Morgan fingerprint density at radius 2 is 2.00 bits per heavy atom. The molecule has 3 atom stereocenters. The number of aliphatic hydroxyl groups excluding tert-OH is 1. The van der Waals surface area contributed by atoms with Gasteiger partial charge in [-0.2, -0.15) is 0 Å². The number of hydrogen-bond acceptors (Lipinski definition) is 3.